The fraction of sp³-hybridized carbons (Fsp3) is 0.474. The van der Waals surface area contributed by atoms with Crippen LogP contribution in [0.15, 0.2) is 36.5 Å². The number of rotatable bonds is 2. The van der Waals surface area contributed by atoms with Gasteiger partial charge in [-0.05, 0) is 24.7 Å². The lowest BCUT2D eigenvalue weighted by Gasteiger charge is -2.54. The van der Waals surface area contributed by atoms with Crippen LogP contribution >= 0.6 is 11.3 Å². The van der Waals surface area contributed by atoms with Crippen molar-refractivity contribution in [2.75, 3.05) is 13.1 Å². The normalized spacial score (nSPS) is 22.3. The Morgan fingerprint density at radius 2 is 1.96 bits per heavy atom. The molecule has 138 valence electrons. The summed E-state index contributed by atoms with van der Waals surface area (Å²) in [6, 6.07) is 9.56. The number of aromatic nitrogens is 1. The molecule has 1 atom stereocenters. The van der Waals surface area contributed by atoms with Gasteiger partial charge in [0, 0.05) is 18.7 Å². The topological polar surface area (TPSA) is 33.2 Å². The number of likely N-dealkylation sites (tertiary alicyclic amines) is 1. The van der Waals surface area contributed by atoms with Crippen LogP contribution in [0, 0.1) is 11.3 Å². The third kappa shape index (κ3) is 3.02. The lowest BCUT2D eigenvalue weighted by molar-refractivity contribution is -0.235. The van der Waals surface area contributed by atoms with Gasteiger partial charge in [-0.25, -0.2) is 4.98 Å². The highest BCUT2D eigenvalue weighted by Gasteiger charge is 2.58. The van der Waals surface area contributed by atoms with E-state index in [-0.39, 0.29) is 25.4 Å². The molecule has 1 saturated heterocycles. The van der Waals surface area contributed by atoms with Gasteiger partial charge in [0.25, 0.3) is 5.91 Å². The van der Waals surface area contributed by atoms with E-state index >= 15 is 0 Å². The first kappa shape index (κ1) is 17.5. The monoisotopic (exact) mass is 380 g/mol. The molecule has 1 aromatic heterocycles. The predicted octanol–water partition coefficient (Wildman–Crippen LogP) is 5.00. The van der Waals surface area contributed by atoms with Gasteiger partial charge in [-0.1, -0.05) is 36.8 Å². The van der Waals surface area contributed by atoms with Gasteiger partial charge in [-0.15, -0.1) is 11.3 Å². The van der Waals surface area contributed by atoms with Crippen LogP contribution in [0.4, 0.5) is 13.2 Å². The predicted molar refractivity (Wildman–Crippen MR) is 93.9 cm³/mol. The van der Waals surface area contributed by atoms with Crippen molar-refractivity contribution in [2.24, 2.45) is 11.3 Å². The van der Waals surface area contributed by atoms with Gasteiger partial charge in [0.15, 0.2) is 0 Å². The average molecular weight is 380 g/mol. The van der Waals surface area contributed by atoms with Gasteiger partial charge in [0.2, 0.25) is 0 Å². The molecule has 7 heteroatoms. The van der Waals surface area contributed by atoms with Crippen LogP contribution in [0.5, 0.6) is 0 Å². The molecule has 0 bridgehead atoms. The van der Waals surface area contributed by atoms with E-state index in [2.05, 4.69) is 4.98 Å². The zero-order valence-electron chi connectivity index (χ0n) is 14.1. The quantitative estimate of drug-likeness (QED) is 0.734. The second kappa shape index (κ2) is 6.37. The number of amides is 1. The lowest BCUT2D eigenvalue weighted by Crippen LogP contribution is -2.57. The number of thiazole rings is 1. The van der Waals surface area contributed by atoms with Crippen LogP contribution in [0.25, 0.3) is 10.6 Å². The van der Waals surface area contributed by atoms with Gasteiger partial charge in [-0.3, -0.25) is 4.79 Å². The fourth-order valence-corrected chi connectivity index (χ4v) is 5.11. The number of hydrogen-bond acceptors (Lipinski definition) is 3. The summed E-state index contributed by atoms with van der Waals surface area (Å²) in [5.74, 6) is -1.48. The summed E-state index contributed by atoms with van der Waals surface area (Å²) in [4.78, 5) is 19.3. The van der Waals surface area contributed by atoms with Crippen LogP contribution in [-0.4, -0.2) is 35.1 Å². The summed E-state index contributed by atoms with van der Waals surface area (Å²) < 4.78 is 40.2. The number of alkyl halides is 3. The maximum absolute atomic E-state index is 13.4. The standard InChI is InChI=1S/C19H19F3N2OS/c20-19(21,22)15-7-10-24(12-18(15)8-4-9-18)17(25)14-11-23-16(26-14)13-5-2-1-3-6-13/h1-3,5-6,11,15H,4,7-10,12H2/t15-/m0/s1. The molecule has 2 aliphatic rings. The molecule has 1 amide bonds. The summed E-state index contributed by atoms with van der Waals surface area (Å²) in [5.41, 5.74) is 0.154. The van der Waals surface area contributed by atoms with E-state index in [0.29, 0.717) is 17.7 Å². The van der Waals surface area contributed by atoms with Gasteiger partial charge in [-0.2, -0.15) is 13.2 Å². The number of benzene rings is 1. The number of nitrogens with zero attached hydrogens (tertiary/aromatic N) is 2. The van der Waals surface area contributed by atoms with Gasteiger partial charge < -0.3 is 4.90 Å². The van der Waals surface area contributed by atoms with Crippen LogP contribution in [0.1, 0.15) is 35.4 Å². The lowest BCUT2D eigenvalue weighted by atomic mass is 9.58. The molecule has 2 aromatic rings. The van der Waals surface area contributed by atoms with E-state index in [1.165, 1.54) is 11.3 Å². The molecule has 26 heavy (non-hydrogen) atoms. The smallest absolute Gasteiger partial charge is 0.337 e. The minimum absolute atomic E-state index is 0.000410. The van der Waals surface area contributed by atoms with Crippen LogP contribution in [0.3, 0.4) is 0 Å². The van der Waals surface area contributed by atoms with E-state index in [1.807, 2.05) is 30.3 Å². The maximum atomic E-state index is 13.4. The minimum atomic E-state index is -4.18. The van der Waals surface area contributed by atoms with E-state index in [1.54, 1.807) is 11.1 Å². The second-order valence-electron chi connectivity index (χ2n) is 7.22. The third-order valence-electron chi connectivity index (χ3n) is 5.70. The minimum Gasteiger partial charge on any atom is -0.337 e. The molecule has 0 unspecified atom stereocenters. The molecular formula is C19H19F3N2OS. The van der Waals surface area contributed by atoms with Crippen molar-refractivity contribution in [1.29, 1.82) is 0 Å². The van der Waals surface area contributed by atoms with Crippen molar-refractivity contribution < 1.29 is 18.0 Å². The van der Waals surface area contributed by atoms with Crippen LogP contribution in [0.2, 0.25) is 0 Å². The molecule has 0 radical (unpaired) electrons. The number of carbonyl (C=O) groups is 1. The van der Waals surface area contributed by atoms with E-state index in [4.69, 9.17) is 0 Å². The number of piperidine rings is 1. The summed E-state index contributed by atoms with van der Waals surface area (Å²) >= 11 is 1.30. The third-order valence-corrected chi connectivity index (χ3v) is 6.74. The molecule has 1 aliphatic carbocycles. The van der Waals surface area contributed by atoms with Crippen molar-refractivity contribution in [3.05, 3.63) is 41.4 Å². The molecule has 1 saturated carbocycles. The summed E-state index contributed by atoms with van der Waals surface area (Å²) in [6.07, 6.45) is -0.718. The van der Waals surface area contributed by atoms with Crippen molar-refractivity contribution in [3.63, 3.8) is 0 Å². The summed E-state index contributed by atoms with van der Waals surface area (Å²) in [7, 11) is 0. The van der Waals surface area contributed by atoms with Gasteiger partial charge in [0.05, 0.1) is 12.1 Å². The van der Waals surface area contributed by atoms with Crippen molar-refractivity contribution >= 4 is 17.2 Å². The van der Waals surface area contributed by atoms with Gasteiger partial charge >= 0.3 is 6.18 Å². The van der Waals surface area contributed by atoms with Crippen molar-refractivity contribution in [1.82, 2.24) is 9.88 Å². The molecule has 2 heterocycles. The molecule has 0 N–H and O–H groups in total. The van der Waals surface area contributed by atoms with Gasteiger partial charge in [0.1, 0.15) is 9.88 Å². The Labute approximate surface area is 153 Å². The Bertz CT molecular complexity index is 799. The van der Waals surface area contributed by atoms with Crippen molar-refractivity contribution in [3.8, 4) is 10.6 Å². The first-order chi connectivity index (χ1) is 12.4. The highest BCUT2D eigenvalue weighted by atomic mass is 32.1. The molecular weight excluding hydrogens is 361 g/mol. The average Bonchev–Trinajstić information content (AvgIpc) is 3.09. The Morgan fingerprint density at radius 1 is 1.23 bits per heavy atom. The first-order valence-corrected chi connectivity index (χ1v) is 9.58. The Balaban J connectivity index is 1.52. The van der Waals surface area contributed by atoms with Crippen LogP contribution < -0.4 is 0 Å². The fourth-order valence-electron chi connectivity index (χ4n) is 4.23. The molecule has 3 nitrogen and oxygen atoms in total. The molecule has 1 spiro atoms. The van der Waals surface area contributed by atoms with E-state index < -0.39 is 17.5 Å². The molecule has 4 rings (SSSR count). The molecule has 1 aromatic carbocycles. The zero-order valence-corrected chi connectivity index (χ0v) is 14.9. The second-order valence-corrected chi connectivity index (χ2v) is 8.25. The first-order valence-electron chi connectivity index (χ1n) is 8.76. The highest BCUT2D eigenvalue weighted by Crippen LogP contribution is 2.56. The van der Waals surface area contributed by atoms with Crippen molar-refractivity contribution in [2.45, 2.75) is 31.9 Å². The number of hydrogen-bond donors (Lipinski definition) is 0. The number of carbonyl (C=O) groups excluding carboxylic acids is 1. The summed E-state index contributed by atoms with van der Waals surface area (Å²) in [6.45, 7) is 0.359. The highest BCUT2D eigenvalue weighted by molar-refractivity contribution is 7.16. The SMILES string of the molecule is O=C(c1cnc(-c2ccccc2)s1)N1CC[C@H](C(F)(F)F)C2(CCC2)C1. The molecule has 2 fully saturated rings. The molecule has 1 aliphatic heterocycles. The Kier molecular flexibility index (Phi) is 4.29. The maximum Gasteiger partial charge on any atom is 0.392 e. The Hall–Kier alpha value is -1.89. The van der Waals surface area contributed by atoms with E-state index in [9.17, 15) is 18.0 Å². The number of halogens is 3. The summed E-state index contributed by atoms with van der Waals surface area (Å²) in [5, 5.41) is 0.748. The van der Waals surface area contributed by atoms with E-state index in [0.717, 1.165) is 17.0 Å². The van der Waals surface area contributed by atoms with Crippen LogP contribution in [-0.2, 0) is 0 Å². The zero-order chi connectivity index (χ0) is 18.4. The Morgan fingerprint density at radius 3 is 2.58 bits per heavy atom. The largest absolute Gasteiger partial charge is 0.392 e.